The first kappa shape index (κ1) is 24.1. The highest BCUT2D eigenvalue weighted by atomic mass is 16.5. The number of hydrogen-bond acceptors (Lipinski definition) is 4. The molecule has 5 rings (SSSR count). The third-order valence-electron chi connectivity index (χ3n) is 6.99. The first-order chi connectivity index (χ1) is 17.5. The van der Waals surface area contributed by atoms with E-state index in [2.05, 4.69) is 34.5 Å². The molecule has 1 N–H and O–H groups in total. The zero-order valence-corrected chi connectivity index (χ0v) is 20.9. The van der Waals surface area contributed by atoms with E-state index >= 15 is 0 Å². The summed E-state index contributed by atoms with van der Waals surface area (Å²) >= 11 is 0. The Morgan fingerprint density at radius 1 is 0.861 bits per heavy atom. The van der Waals surface area contributed by atoms with Gasteiger partial charge in [0.2, 0.25) is 0 Å². The van der Waals surface area contributed by atoms with Crippen molar-refractivity contribution < 1.29 is 14.3 Å². The molecule has 1 saturated heterocycles. The summed E-state index contributed by atoms with van der Waals surface area (Å²) in [5.41, 5.74) is 6.16. The molecule has 186 valence electrons. The van der Waals surface area contributed by atoms with E-state index in [0.29, 0.717) is 30.8 Å². The topological polar surface area (TPSA) is 61.9 Å². The van der Waals surface area contributed by atoms with Crippen LogP contribution < -0.4 is 10.2 Å². The van der Waals surface area contributed by atoms with E-state index in [1.165, 1.54) is 11.1 Å². The number of carbonyl (C=O) groups excluding carboxylic acids is 2. The number of amides is 2. The Morgan fingerprint density at radius 3 is 2.19 bits per heavy atom. The lowest BCUT2D eigenvalue weighted by Crippen LogP contribution is -2.48. The van der Waals surface area contributed by atoms with Crippen molar-refractivity contribution in [3.05, 3.63) is 101 Å². The van der Waals surface area contributed by atoms with Crippen molar-refractivity contribution in [3.63, 3.8) is 0 Å². The van der Waals surface area contributed by atoms with Gasteiger partial charge in [-0.3, -0.25) is 9.59 Å². The first-order valence-corrected chi connectivity index (χ1v) is 12.7. The summed E-state index contributed by atoms with van der Waals surface area (Å²) < 4.78 is 5.73. The van der Waals surface area contributed by atoms with Gasteiger partial charge in [0.25, 0.3) is 11.8 Å². The molecule has 2 heterocycles. The Hall–Kier alpha value is -3.64. The number of benzene rings is 3. The number of carbonyl (C=O) groups is 2. The highest BCUT2D eigenvalue weighted by Gasteiger charge is 2.26. The van der Waals surface area contributed by atoms with Crippen LogP contribution in [-0.2, 0) is 24.2 Å². The van der Waals surface area contributed by atoms with Crippen molar-refractivity contribution >= 4 is 17.5 Å². The number of nitrogens with one attached hydrogen (secondary N) is 1. The molecule has 1 fully saturated rings. The molecule has 0 aliphatic carbocycles. The van der Waals surface area contributed by atoms with Crippen LogP contribution in [0, 0.1) is 0 Å². The molecule has 6 heteroatoms. The Kier molecular flexibility index (Phi) is 7.05. The molecule has 2 unspecified atom stereocenters. The Bertz CT molecular complexity index is 1210. The molecule has 0 spiro atoms. The molecule has 3 aromatic carbocycles. The van der Waals surface area contributed by atoms with Crippen molar-refractivity contribution in [2.75, 3.05) is 24.5 Å². The van der Waals surface area contributed by atoms with Gasteiger partial charge in [0, 0.05) is 49.5 Å². The van der Waals surface area contributed by atoms with Crippen LogP contribution in [-0.4, -0.2) is 48.6 Å². The van der Waals surface area contributed by atoms with Gasteiger partial charge in [-0.2, -0.15) is 0 Å². The zero-order valence-electron chi connectivity index (χ0n) is 20.9. The summed E-state index contributed by atoms with van der Waals surface area (Å²) in [5.74, 6) is -0.0909. The molecular formula is C30H33N3O3. The monoisotopic (exact) mass is 483 g/mol. The van der Waals surface area contributed by atoms with Crippen molar-refractivity contribution in [1.29, 1.82) is 0 Å². The first-order valence-electron chi connectivity index (χ1n) is 12.7. The van der Waals surface area contributed by atoms with Gasteiger partial charge in [-0.05, 0) is 73.4 Å². The summed E-state index contributed by atoms with van der Waals surface area (Å²) in [6.45, 7) is 7.46. The summed E-state index contributed by atoms with van der Waals surface area (Å²) in [6.07, 6.45) is 1.11. The second-order valence-corrected chi connectivity index (χ2v) is 9.83. The molecule has 0 radical (unpaired) electrons. The molecule has 6 nitrogen and oxygen atoms in total. The highest BCUT2D eigenvalue weighted by Crippen LogP contribution is 2.24. The zero-order chi connectivity index (χ0) is 25.1. The maximum Gasteiger partial charge on any atom is 0.254 e. The molecule has 2 amide bonds. The molecule has 0 bridgehead atoms. The normalized spacial score (nSPS) is 19.5. The molecule has 2 aliphatic rings. The fourth-order valence-corrected chi connectivity index (χ4v) is 5.12. The van der Waals surface area contributed by atoms with Crippen molar-refractivity contribution in [3.8, 4) is 0 Å². The summed E-state index contributed by atoms with van der Waals surface area (Å²) in [7, 11) is 0. The predicted molar refractivity (Wildman–Crippen MR) is 141 cm³/mol. The summed E-state index contributed by atoms with van der Waals surface area (Å²) in [6, 6.07) is 23.9. The minimum absolute atomic E-state index is 0.0184. The third-order valence-corrected chi connectivity index (χ3v) is 6.99. The van der Waals surface area contributed by atoms with Crippen LogP contribution in [0.3, 0.4) is 0 Å². The Morgan fingerprint density at radius 2 is 1.50 bits per heavy atom. The predicted octanol–water partition coefficient (Wildman–Crippen LogP) is 4.43. The number of anilines is 1. The molecular weight excluding hydrogens is 450 g/mol. The van der Waals surface area contributed by atoms with Gasteiger partial charge < -0.3 is 19.9 Å². The molecule has 0 saturated carbocycles. The van der Waals surface area contributed by atoms with Gasteiger partial charge in [-0.25, -0.2) is 0 Å². The number of hydrogen-bond donors (Lipinski definition) is 1. The molecule has 36 heavy (non-hydrogen) atoms. The number of morpholine rings is 1. The minimum atomic E-state index is -0.109. The lowest BCUT2D eigenvalue weighted by molar-refractivity contribution is -0.0586. The third kappa shape index (κ3) is 5.44. The number of ether oxygens (including phenoxy) is 1. The molecule has 0 aromatic heterocycles. The second kappa shape index (κ2) is 10.5. The van der Waals surface area contributed by atoms with E-state index in [1.807, 2.05) is 67.3 Å². The quantitative estimate of drug-likeness (QED) is 0.583. The minimum Gasteiger partial charge on any atom is -0.372 e. The van der Waals surface area contributed by atoms with E-state index in [4.69, 9.17) is 4.74 Å². The van der Waals surface area contributed by atoms with Crippen LogP contribution >= 0.6 is 0 Å². The fourth-order valence-electron chi connectivity index (χ4n) is 5.12. The van der Waals surface area contributed by atoms with Gasteiger partial charge >= 0.3 is 0 Å². The highest BCUT2D eigenvalue weighted by molar-refractivity contribution is 5.95. The van der Waals surface area contributed by atoms with E-state index in [-0.39, 0.29) is 24.0 Å². The van der Waals surface area contributed by atoms with Crippen molar-refractivity contribution in [1.82, 2.24) is 10.2 Å². The van der Waals surface area contributed by atoms with Gasteiger partial charge in [-0.1, -0.05) is 36.4 Å². The summed E-state index contributed by atoms with van der Waals surface area (Å²) in [4.78, 5) is 29.8. The number of rotatable bonds is 5. The molecule has 2 atom stereocenters. The second-order valence-electron chi connectivity index (χ2n) is 9.83. The average Bonchev–Trinajstić information content (AvgIpc) is 2.91. The Balaban J connectivity index is 1.14. The Labute approximate surface area is 212 Å². The number of fused-ring (bicyclic) bond motifs is 1. The van der Waals surface area contributed by atoms with Gasteiger partial charge in [0.05, 0.1) is 12.2 Å². The van der Waals surface area contributed by atoms with Crippen LogP contribution in [0.15, 0.2) is 72.8 Å². The van der Waals surface area contributed by atoms with Gasteiger partial charge in [0.1, 0.15) is 0 Å². The molecule has 2 aliphatic heterocycles. The van der Waals surface area contributed by atoms with Crippen LogP contribution in [0.2, 0.25) is 0 Å². The summed E-state index contributed by atoms with van der Waals surface area (Å²) in [5, 5.41) is 2.99. The van der Waals surface area contributed by atoms with Crippen LogP contribution in [0.4, 0.5) is 5.69 Å². The van der Waals surface area contributed by atoms with Crippen LogP contribution in [0.5, 0.6) is 0 Å². The molecule has 3 aromatic rings. The van der Waals surface area contributed by atoms with Crippen LogP contribution in [0.1, 0.15) is 51.3 Å². The standard InChI is InChI=1S/C30H33N3O3/c1-21-18-33(19-22(2)36-21)30(35)26-9-7-23(8-10-26)17-31-29(34)25-11-13-28(14-12-25)32-16-15-24-5-3-4-6-27(24)20-32/h3-14,21-22H,15-20H2,1-2H3,(H,31,34). The van der Waals surface area contributed by atoms with Gasteiger partial charge in [-0.15, -0.1) is 0 Å². The van der Waals surface area contributed by atoms with Crippen molar-refractivity contribution in [2.45, 2.75) is 45.6 Å². The number of nitrogens with zero attached hydrogens (tertiary/aromatic N) is 2. The van der Waals surface area contributed by atoms with E-state index in [1.54, 1.807) is 0 Å². The van der Waals surface area contributed by atoms with E-state index in [0.717, 1.165) is 30.8 Å². The maximum atomic E-state index is 12.9. The lowest BCUT2D eigenvalue weighted by atomic mass is 9.99. The van der Waals surface area contributed by atoms with Crippen molar-refractivity contribution in [2.24, 2.45) is 0 Å². The lowest BCUT2D eigenvalue weighted by Gasteiger charge is -2.35. The SMILES string of the molecule is CC1CN(C(=O)c2ccc(CNC(=O)c3ccc(N4CCc5ccccc5C4)cc3)cc2)CC(C)O1. The van der Waals surface area contributed by atoms with E-state index in [9.17, 15) is 9.59 Å². The van der Waals surface area contributed by atoms with Gasteiger partial charge in [0.15, 0.2) is 0 Å². The van der Waals surface area contributed by atoms with Crippen LogP contribution in [0.25, 0.3) is 0 Å². The average molecular weight is 484 g/mol. The van der Waals surface area contributed by atoms with E-state index < -0.39 is 0 Å². The smallest absolute Gasteiger partial charge is 0.254 e. The maximum absolute atomic E-state index is 12.9. The fraction of sp³-hybridized carbons (Fsp3) is 0.333. The largest absolute Gasteiger partial charge is 0.372 e.